The van der Waals surface area contributed by atoms with Crippen LogP contribution in [0.25, 0.3) is 11.0 Å². The zero-order valence-electron chi connectivity index (χ0n) is 9.53. The van der Waals surface area contributed by atoms with Crippen molar-refractivity contribution in [1.82, 2.24) is 15.3 Å². The molecule has 0 unspecified atom stereocenters. The molecule has 1 amide bonds. The number of H-pyrrole nitrogens is 1. The number of amides is 1. The van der Waals surface area contributed by atoms with Gasteiger partial charge < -0.3 is 15.4 Å². The van der Waals surface area contributed by atoms with E-state index in [4.69, 9.17) is 0 Å². The summed E-state index contributed by atoms with van der Waals surface area (Å²) >= 11 is 0. The fourth-order valence-electron chi connectivity index (χ4n) is 1.85. The molecule has 0 bridgehead atoms. The van der Waals surface area contributed by atoms with Crippen LogP contribution in [-0.2, 0) is 0 Å². The summed E-state index contributed by atoms with van der Waals surface area (Å²) < 4.78 is 13.7. The number of aromatic amines is 1. The molecule has 0 atom stereocenters. The number of benzene rings is 1. The number of rotatable bonds is 3. The maximum Gasteiger partial charge on any atom is 0.256 e. The zero-order valence-corrected chi connectivity index (χ0v) is 9.53. The smallest absolute Gasteiger partial charge is 0.256 e. The summed E-state index contributed by atoms with van der Waals surface area (Å²) in [5.74, 6) is -1.17. The van der Waals surface area contributed by atoms with Crippen molar-refractivity contribution in [2.75, 3.05) is 6.54 Å². The van der Waals surface area contributed by atoms with Crippen LogP contribution in [0.3, 0.4) is 0 Å². The number of hydrogen-bond donors (Lipinski definition) is 3. The molecule has 1 aliphatic rings. The molecule has 3 N–H and O–H groups in total. The van der Waals surface area contributed by atoms with Gasteiger partial charge in [-0.25, -0.2) is 9.37 Å². The van der Waals surface area contributed by atoms with Crippen molar-refractivity contribution < 1.29 is 14.3 Å². The van der Waals surface area contributed by atoms with Crippen LogP contribution in [0.5, 0.6) is 0 Å². The van der Waals surface area contributed by atoms with E-state index in [2.05, 4.69) is 15.3 Å². The highest BCUT2D eigenvalue weighted by Crippen LogP contribution is 2.34. The third-order valence-corrected chi connectivity index (χ3v) is 3.17. The van der Waals surface area contributed by atoms with Crippen LogP contribution in [0.1, 0.15) is 23.2 Å². The first-order valence-corrected chi connectivity index (χ1v) is 5.71. The van der Waals surface area contributed by atoms with Gasteiger partial charge in [0.25, 0.3) is 5.91 Å². The molecule has 1 aliphatic carbocycles. The molecule has 1 heterocycles. The predicted octanol–water partition coefficient (Wildman–Crippen LogP) is 0.957. The molecule has 6 heteroatoms. The van der Waals surface area contributed by atoms with Gasteiger partial charge in [0.15, 0.2) is 0 Å². The summed E-state index contributed by atoms with van der Waals surface area (Å²) in [6, 6.07) is 2.75. The molecule has 18 heavy (non-hydrogen) atoms. The van der Waals surface area contributed by atoms with Crippen molar-refractivity contribution >= 4 is 16.9 Å². The molecule has 1 saturated carbocycles. The number of aliphatic hydroxyl groups is 1. The van der Waals surface area contributed by atoms with Crippen LogP contribution in [0.15, 0.2) is 18.5 Å². The fraction of sp³-hybridized carbons (Fsp3) is 0.333. The summed E-state index contributed by atoms with van der Waals surface area (Å²) in [6.07, 6.45) is 2.75. The molecule has 0 aliphatic heterocycles. The van der Waals surface area contributed by atoms with E-state index in [1.54, 1.807) is 0 Å². The number of carbonyl (C=O) groups excluding carboxylic acids is 1. The van der Waals surface area contributed by atoms with E-state index >= 15 is 0 Å². The highest BCUT2D eigenvalue weighted by molar-refractivity contribution is 6.05. The third-order valence-electron chi connectivity index (χ3n) is 3.17. The molecular formula is C12H12FN3O2. The maximum absolute atomic E-state index is 13.7. The molecular weight excluding hydrogens is 237 g/mol. The van der Waals surface area contributed by atoms with E-state index in [1.807, 2.05) is 0 Å². The SMILES string of the molecule is O=C(NCC1(O)CC1)c1c(F)ccc2[nH]cnc12. The van der Waals surface area contributed by atoms with E-state index < -0.39 is 17.3 Å². The highest BCUT2D eigenvalue weighted by Gasteiger charge is 2.40. The Kier molecular flexibility index (Phi) is 2.34. The molecule has 1 aromatic heterocycles. The molecule has 1 fully saturated rings. The van der Waals surface area contributed by atoms with Gasteiger partial charge in [-0.15, -0.1) is 0 Å². The van der Waals surface area contributed by atoms with Crippen molar-refractivity contribution in [3.05, 3.63) is 29.8 Å². The molecule has 1 aromatic carbocycles. The lowest BCUT2D eigenvalue weighted by Crippen LogP contribution is -2.33. The number of nitrogens with one attached hydrogen (secondary N) is 2. The van der Waals surface area contributed by atoms with Crippen LogP contribution < -0.4 is 5.32 Å². The van der Waals surface area contributed by atoms with Crippen LogP contribution in [0, 0.1) is 5.82 Å². The number of nitrogens with zero attached hydrogens (tertiary/aromatic N) is 1. The van der Waals surface area contributed by atoms with E-state index in [1.165, 1.54) is 18.5 Å². The second-order valence-corrected chi connectivity index (χ2v) is 4.63. The zero-order chi connectivity index (χ0) is 12.8. The van der Waals surface area contributed by atoms with Crippen molar-refractivity contribution in [2.45, 2.75) is 18.4 Å². The summed E-state index contributed by atoms with van der Waals surface area (Å²) in [7, 11) is 0. The summed E-state index contributed by atoms with van der Waals surface area (Å²) in [5, 5.41) is 12.2. The van der Waals surface area contributed by atoms with Gasteiger partial charge in [0.05, 0.1) is 17.4 Å². The maximum atomic E-state index is 13.7. The van der Waals surface area contributed by atoms with Gasteiger partial charge in [-0.05, 0) is 25.0 Å². The fourth-order valence-corrected chi connectivity index (χ4v) is 1.85. The van der Waals surface area contributed by atoms with Crippen LogP contribution in [-0.4, -0.2) is 33.1 Å². The third kappa shape index (κ3) is 1.84. The molecule has 0 saturated heterocycles. The lowest BCUT2D eigenvalue weighted by Gasteiger charge is -2.10. The Morgan fingerprint density at radius 2 is 2.33 bits per heavy atom. The van der Waals surface area contributed by atoms with Gasteiger partial charge in [0, 0.05) is 6.54 Å². The van der Waals surface area contributed by atoms with E-state index in [9.17, 15) is 14.3 Å². The second-order valence-electron chi connectivity index (χ2n) is 4.63. The minimum atomic E-state index is -0.800. The summed E-state index contributed by atoms with van der Waals surface area (Å²) in [5.41, 5.74) is 0.0194. The van der Waals surface area contributed by atoms with Gasteiger partial charge in [-0.1, -0.05) is 0 Å². The minimum absolute atomic E-state index is 0.0852. The highest BCUT2D eigenvalue weighted by atomic mass is 19.1. The van der Waals surface area contributed by atoms with Crippen molar-refractivity contribution in [3.63, 3.8) is 0 Å². The Morgan fingerprint density at radius 1 is 1.56 bits per heavy atom. The van der Waals surface area contributed by atoms with Crippen molar-refractivity contribution in [1.29, 1.82) is 0 Å². The minimum Gasteiger partial charge on any atom is -0.388 e. The molecule has 94 valence electrons. The first-order chi connectivity index (χ1) is 8.59. The molecule has 0 spiro atoms. The standard InChI is InChI=1S/C12H12FN3O2/c13-7-1-2-8-10(16-6-15-8)9(7)11(17)14-5-12(18)3-4-12/h1-2,6,18H,3-5H2,(H,14,17)(H,15,16). The normalized spacial score (nSPS) is 16.8. The van der Waals surface area contributed by atoms with Crippen LogP contribution in [0.4, 0.5) is 4.39 Å². The lowest BCUT2D eigenvalue weighted by molar-refractivity contribution is 0.0894. The number of fused-ring (bicyclic) bond motifs is 1. The Labute approximate surface area is 102 Å². The van der Waals surface area contributed by atoms with Gasteiger partial charge >= 0.3 is 0 Å². The molecule has 2 aromatic rings. The topological polar surface area (TPSA) is 78.0 Å². The van der Waals surface area contributed by atoms with E-state index in [0.29, 0.717) is 23.9 Å². The largest absolute Gasteiger partial charge is 0.388 e. The second kappa shape index (κ2) is 3.78. The number of imidazole rings is 1. The Morgan fingerprint density at radius 3 is 3.06 bits per heavy atom. The van der Waals surface area contributed by atoms with Crippen LogP contribution in [0.2, 0.25) is 0 Å². The van der Waals surface area contributed by atoms with Crippen molar-refractivity contribution in [3.8, 4) is 0 Å². The summed E-state index contributed by atoms with van der Waals surface area (Å²) in [4.78, 5) is 18.7. The van der Waals surface area contributed by atoms with E-state index in [-0.39, 0.29) is 12.1 Å². The monoisotopic (exact) mass is 249 g/mol. The number of hydrogen-bond acceptors (Lipinski definition) is 3. The quantitative estimate of drug-likeness (QED) is 0.758. The van der Waals surface area contributed by atoms with Gasteiger partial charge in [-0.3, -0.25) is 4.79 Å². The average molecular weight is 249 g/mol. The van der Waals surface area contributed by atoms with Gasteiger partial charge in [0.1, 0.15) is 16.9 Å². The Balaban J connectivity index is 1.90. The average Bonchev–Trinajstić information content (AvgIpc) is 2.90. The number of carbonyl (C=O) groups is 1. The first kappa shape index (κ1) is 11.2. The van der Waals surface area contributed by atoms with Crippen LogP contribution >= 0.6 is 0 Å². The predicted molar refractivity (Wildman–Crippen MR) is 62.6 cm³/mol. The number of aromatic nitrogens is 2. The molecule has 3 rings (SSSR count). The van der Waals surface area contributed by atoms with E-state index in [0.717, 1.165) is 0 Å². The molecule has 0 radical (unpaired) electrons. The molecule has 5 nitrogen and oxygen atoms in total. The van der Waals surface area contributed by atoms with Crippen molar-refractivity contribution in [2.24, 2.45) is 0 Å². The lowest BCUT2D eigenvalue weighted by atomic mass is 10.1. The first-order valence-electron chi connectivity index (χ1n) is 5.71. The summed E-state index contributed by atoms with van der Waals surface area (Å²) in [6.45, 7) is 0.145. The van der Waals surface area contributed by atoms with Gasteiger partial charge in [-0.2, -0.15) is 0 Å². The Bertz CT molecular complexity index is 619. The Hall–Kier alpha value is -1.95. The number of halogens is 1. The van der Waals surface area contributed by atoms with Gasteiger partial charge in [0.2, 0.25) is 0 Å².